The smallest absolute Gasteiger partial charge is 0.338 e. The molecule has 0 amide bonds. The van der Waals surface area contributed by atoms with Crippen molar-refractivity contribution in [2.45, 2.75) is 19.8 Å². The number of aromatic nitrogens is 5. The second-order valence-electron chi connectivity index (χ2n) is 7.16. The molecule has 7 nitrogen and oxygen atoms in total. The molecule has 3 aromatic rings. The number of alkyl halides is 3. The maximum Gasteiger partial charge on any atom is 0.452 e. The van der Waals surface area contributed by atoms with E-state index in [0.717, 1.165) is 27.1 Å². The molecule has 0 unspecified atom stereocenters. The van der Waals surface area contributed by atoms with Gasteiger partial charge in [-0.1, -0.05) is 0 Å². The number of nitrogens with zero attached hydrogens (tertiary/aromatic N) is 7. The van der Waals surface area contributed by atoms with Gasteiger partial charge in [-0.2, -0.15) is 13.2 Å². The van der Waals surface area contributed by atoms with E-state index in [-0.39, 0.29) is 17.1 Å². The van der Waals surface area contributed by atoms with E-state index < -0.39 is 17.8 Å². The summed E-state index contributed by atoms with van der Waals surface area (Å²) in [6, 6.07) is 6.47. The summed E-state index contributed by atoms with van der Waals surface area (Å²) in [5.41, 5.74) is 0.969. The lowest BCUT2D eigenvalue weighted by Crippen LogP contribution is -2.47. The Hall–Kier alpha value is -2.86. The first-order valence-electron chi connectivity index (χ1n) is 9.52. The van der Waals surface area contributed by atoms with Crippen LogP contribution in [-0.4, -0.2) is 55.4 Å². The molecule has 1 fully saturated rings. The topological polar surface area (TPSA) is 55.0 Å². The molecule has 164 valence electrons. The third-order valence-electron chi connectivity index (χ3n) is 4.95. The van der Waals surface area contributed by atoms with Gasteiger partial charge in [-0.15, -0.1) is 5.10 Å². The largest absolute Gasteiger partial charge is 0.452 e. The van der Waals surface area contributed by atoms with Crippen LogP contribution in [0.5, 0.6) is 0 Å². The Bertz CT molecular complexity index is 1120. The molecule has 0 atom stereocenters. The van der Waals surface area contributed by atoms with Gasteiger partial charge < -0.3 is 4.90 Å². The molecule has 0 radical (unpaired) electrons. The van der Waals surface area contributed by atoms with Crippen molar-refractivity contribution < 1.29 is 17.6 Å². The van der Waals surface area contributed by atoms with Crippen molar-refractivity contribution >= 4 is 18.2 Å². The van der Waals surface area contributed by atoms with Gasteiger partial charge in [0.25, 0.3) is 0 Å². The fourth-order valence-electron chi connectivity index (χ4n) is 3.37. The van der Waals surface area contributed by atoms with Crippen LogP contribution in [0.25, 0.3) is 5.69 Å². The molecule has 0 spiro atoms. The van der Waals surface area contributed by atoms with Crippen molar-refractivity contribution in [3.8, 4) is 5.69 Å². The lowest BCUT2D eigenvalue weighted by Gasteiger charge is -2.34. The minimum atomic E-state index is -4.71. The third-order valence-corrected chi connectivity index (χ3v) is 5.34. The average molecular weight is 453 g/mol. The monoisotopic (exact) mass is 453 g/mol. The molecule has 0 aliphatic carbocycles. The van der Waals surface area contributed by atoms with Gasteiger partial charge in [-0.3, -0.25) is 9.47 Å². The summed E-state index contributed by atoms with van der Waals surface area (Å²) in [5.74, 6) is -1.06. The minimum absolute atomic E-state index is 0.103. The Labute approximate surface area is 180 Å². The van der Waals surface area contributed by atoms with Gasteiger partial charge in [0, 0.05) is 38.1 Å². The van der Waals surface area contributed by atoms with E-state index in [1.807, 2.05) is 22.8 Å². The maximum atomic E-state index is 13.6. The van der Waals surface area contributed by atoms with Crippen molar-refractivity contribution in [1.82, 2.24) is 29.2 Å². The van der Waals surface area contributed by atoms with Crippen LogP contribution in [0.2, 0.25) is 0 Å². The first kappa shape index (κ1) is 21.4. The normalized spacial score (nSPS) is 15.5. The SMILES string of the molecule is Cc1ccnc(N2CCN(Cn3nc(C(F)(F)F)n(-c4ccc(F)cc4)c3=S)CC2)n1. The Kier molecular flexibility index (Phi) is 5.75. The van der Waals surface area contributed by atoms with Crippen LogP contribution >= 0.6 is 12.2 Å². The van der Waals surface area contributed by atoms with Crippen LogP contribution in [0.3, 0.4) is 0 Å². The molecule has 2 aromatic heterocycles. The van der Waals surface area contributed by atoms with Gasteiger partial charge in [0.2, 0.25) is 16.5 Å². The molecule has 0 N–H and O–H groups in total. The second-order valence-corrected chi connectivity index (χ2v) is 7.52. The van der Waals surface area contributed by atoms with E-state index in [0.29, 0.717) is 32.1 Å². The molecule has 1 saturated heterocycles. The summed E-state index contributed by atoms with van der Waals surface area (Å²) in [6.07, 6.45) is -3.02. The minimum Gasteiger partial charge on any atom is -0.338 e. The number of rotatable bonds is 4. The number of hydrogen-bond donors (Lipinski definition) is 0. The number of halogens is 4. The number of piperazine rings is 1. The van der Waals surface area contributed by atoms with Crippen molar-refractivity contribution in [3.05, 3.63) is 58.6 Å². The van der Waals surface area contributed by atoms with E-state index in [2.05, 4.69) is 15.1 Å². The Morgan fingerprint density at radius 2 is 1.71 bits per heavy atom. The molecule has 4 rings (SSSR count). The fraction of sp³-hybridized carbons (Fsp3) is 0.368. The lowest BCUT2D eigenvalue weighted by atomic mass is 10.3. The Morgan fingerprint density at radius 1 is 1.03 bits per heavy atom. The van der Waals surface area contributed by atoms with Crippen LogP contribution < -0.4 is 4.90 Å². The number of aryl methyl sites for hydroxylation is 1. The molecular formula is C19H19F4N7S. The molecule has 1 aliphatic heterocycles. The molecule has 12 heteroatoms. The van der Waals surface area contributed by atoms with Gasteiger partial charge in [-0.05, 0) is 49.5 Å². The van der Waals surface area contributed by atoms with E-state index in [9.17, 15) is 17.6 Å². The van der Waals surface area contributed by atoms with Crippen LogP contribution in [0.15, 0.2) is 36.5 Å². The first-order chi connectivity index (χ1) is 14.7. The van der Waals surface area contributed by atoms with Gasteiger partial charge in [-0.25, -0.2) is 19.0 Å². The highest BCUT2D eigenvalue weighted by atomic mass is 32.1. The molecule has 31 heavy (non-hydrogen) atoms. The van der Waals surface area contributed by atoms with Crippen molar-refractivity contribution in [3.63, 3.8) is 0 Å². The first-order valence-corrected chi connectivity index (χ1v) is 9.93. The third kappa shape index (κ3) is 4.59. The van der Waals surface area contributed by atoms with E-state index in [1.165, 1.54) is 12.1 Å². The van der Waals surface area contributed by atoms with Gasteiger partial charge >= 0.3 is 6.18 Å². The molecular weight excluding hydrogens is 434 g/mol. The fourth-order valence-corrected chi connectivity index (χ4v) is 3.66. The zero-order chi connectivity index (χ0) is 22.2. The van der Waals surface area contributed by atoms with E-state index in [4.69, 9.17) is 12.2 Å². The summed E-state index contributed by atoms with van der Waals surface area (Å²) in [7, 11) is 0. The van der Waals surface area contributed by atoms with Crippen LogP contribution in [0.4, 0.5) is 23.5 Å². The molecule has 3 heterocycles. The van der Waals surface area contributed by atoms with Crippen LogP contribution in [-0.2, 0) is 12.8 Å². The zero-order valence-electron chi connectivity index (χ0n) is 16.6. The van der Waals surface area contributed by atoms with Crippen molar-refractivity contribution in [1.29, 1.82) is 0 Å². The highest BCUT2D eigenvalue weighted by Crippen LogP contribution is 2.30. The summed E-state index contributed by atoms with van der Waals surface area (Å²) in [5, 5.41) is 3.74. The quantitative estimate of drug-likeness (QED) is 0.446. The van der Waals surface area contributed by atoms with Gasteiger partial charge in [0.15, 0.2) is 0 Å². The zero-order valence-corrected chi connectivity index (χ0v) is 17.4. The number of benzene rings is 1. The van der Waals surface area contributed by atoms with Gasteiger partial charge in [0.05, 0.1) is 12.4 Å². The molecule has 0 bridgehead atoms. The predicted octanol–water partition coefficient (Wildman–Crippen LogP) is 3.44. The Balaban J connectivity index is 1.54. The van der Waals surface area contributed by atoms with E-state index in [1.54, 1.807) is 6.20 Å². The standard InChI is InChI=1S/C19H19F4N7S/c1-13-6-7-24-17(25-13)28-10-8-27(9-11-28)12-29-18(31)30(16(26-29)19(21,22)23)15-4-2-14(20)3-5-15/h2-7H,8-12H2,1H3. The molecule has 0 saturated carbocycles. The second kappa shape index (κ2) is 8.35. The summed E-state index contributed by atoms with van der Waals surface area (Å²) in [4.78, 5) is 12.7. The number of anilines is 1. The Morgan fingerprint density at radius 3 is 2.32 bits per heavy atom. The van der Waals surface area contributed by atoms with Crippen LogP contribution in [0.1, 0.15) is 11.5 Å². The summed E-state index contributed by atoms with van der Waals surface area (Å²) in [6.45, 7) is 4.42. The van der Waals surface area contributed by atoms with Crippen molar-refractivity contribution in [2.24, 2.45) is 0 Å². The van der Waals surface area contributed by atoms with E-state index >= 15 is 0 Å². The van der Waals surface area contributed by atoms with Gasteiger partial charge in [0.1, 0.15) is 5.82 Å². The highest BCUT2D eigenvalue weighted by molar-refractivity contribution is 7.71. The molecule has 1 aromatic carbocycles. The highest BCUT2D eigenvalue weighted by Gasteiger charge is 2.39. The summed E-state index contributed by atoms with van der Waals surface area (Å²) >= 11 is 5.29. The predicted molar refractivity (Wildman–Crippen MR) is 108 cm³/mol. The average Bonchev–Trinajstić information content (AvgIpc) is 3.06. The van der Waals surface area contributed by atoms with Crippen LogP contribution in [0, 0.1) is 17.5 Å². The number of hydrogen-bond acceptors (Lipinski definition) is 6. The molecule has 1 aliphatic rings. The van der Waals surface area contributed by atoms with Crippen molar-refractivity contribution in [2.75, 3.05) is 31.1 Å². The lowest BCUT2D eigenvalue weighted by molar-refractivity contribution is -0.146. The maximum absolute atomic E-state index is 13.6. The summed E-state index contributed by atoms with van der Waals surface area (Å²) < 4.78 is 55.9.